The number of carbonyl (C=O) groups is 2. The molecule has 4 nitrogen and oxygen atoms in total. The zero-order valence-corrected chi connectivity index (χ0v) is 14.3. The quantitative estimate of drug-likeness (QED) is 0.921. The highest BCUT2D eigenvalue weighted by molar-refractivity contribution is 5.96. The van der Waals surface area contributed by atoms with Crippen molar-refractivity contribution in [3.05, 3.63) is 65.0 Å². The van der Waals surface area contributed by atoms with E-state index in [0.29, 0.717) is 24.2 Å². The smallest absolute Gasteiger partial charge is 0.335 e. The van der Waals surface area contributed by atoms with Gasteiger partial charge in [0, 0.05) is 18.4 Å². The molecule has 0 fully saturated rings. The Morgan fingerprint density at radius 1 is 1.20 bits per heavy atom. The molecule has 1 aliphatic rings. The first-order valence-electron chi connectivity index (χ1n) is 8.21. The highest BCUT2D eigenvalue weighted by atomic mass is 19.1. The van der Waals surface area contributed by atoms with Gasteiger partial charge in [-0.3, -0.25) is 4.79 Å². The minimum Gasteiger partial charge on any atom is -0.478 e. The lowest BCUT2D eigenvalue weighted by atomic mass is 9.87. The Morgan fingerprint density at radius 3 is 2.64 bits per heavy atom. The minimum atomic E-state index is -1.00. The van der Waals surface area contributed by atoms with Crippen molar-refractivity contribution in [1.29, 1.82) is 0 Å². The first-order valence-corrected chi connectivity index (χ1v) is 8.21. The predicted molar refractivity (Wildman–Crippen MR) is 93.5 cm³/mol. The Kier molecular flexibility index (Phi) is 4.33. The maximum atomic E-state index is 13.6. The summed E-state index contributed by atoms with van der Waals surface area (Å²) in [4.78, 5) is 25.6. The fourth-order valence-corrected chi connectivity index (χ4v) is 3.41. The van der Waals surface area contributed by atoms with Crippen LogP contribution in [0.25, 0.3) is 0 Å². The second-order valence-electron chi connectivity index (χ2n) is 6.99. The van der Waals surface area contributed by atoms with E-state index >= 15 is 0 Å². The average molecular weight is 341 g/mol. The van der Waals surface area contributed by atoms with Crippen LogP contribution in [0.15, 0.2) is 42.5 Å². The van der Waals surface area contributed by atoms with Crippen LogP contribution >= 0.6 is 0 Å². The van der Waals surface area contributed by atoms with Crippen molar-refractivity contribution >= 4 is 17.6 Å². The third-order valence-electron chi connectivity index (χ3n) is 4.69. The molecule has 0 saturated heterocycles. The van der Waals surface area contributed by atoms with Gasteiger partial charge in [-0.2, -0.15) is 0 Å². The van der Waals surface area contributed by atoms with Gasteiger partial charge < -0.3 is 10.0 Å². The van der Waals surface area contributed by atoms with Crippen molar-refractivity contribution in [3.8, 4) is 0 Å². The summed E-state index contributed by atoms with van der Waals surface area (Å²) in [7, 11) is 0. The molecule has 3 rings (SSSR count). The number of hydrogen-bond acceptors (Lipinski definition) is 2. The van der Waals surface area contributed by atoms with E-state index in [0.717, 1.165) is 5.56 Å². The Labute approximate surface area is 145 Å². The van der Waals surface area contributed by atoms with Crippen molar-refractivity contribution in [2.75, 3.05) is 11.4 Å². The topological polar surface area (TPSA) is 57.6 Å². The van der Waals surface area contributed by atoms with Crippen molar-refractivity contribution in [2.24, 2.45) is 0 Å². The molecule has 0 aliphatic carbocycles. The van der Waals surface area contributed by atoms with Crippen molar-refractivity contribution in [1.82, 2.24) is 0 Å². The van der Waals surface area contributed by atoms with Crippen molar-refractivity contribution < 1.29 is 19.1 Å². The van der Waals surface area contributed by atoms with Crippen LogP contribution in [-0.4, -0.2) is 23.5 Å². The molecule has 25 heavy (non-hydrogen) atoms. The zero-order valence-electron chi connectivity index (χ0n) is 14.3. The zero-order chi connectivity index (χ0) is 18.2. The summed E-state index contributed by atoms with van der Waals surface area (Å²) in [6.45, 7) is 4.54. The minimum absolute atomic E-state index is 0.127. The number of aryl methyl sites for hydroxylation is 1. The Balaban J connectivity index is 1.80. The third-order valence-corrected chi connectivity index (χ3v) is 4.69. The molecule has 1 N–H and O–H groups in total. The molecule has 0 unspecified atom stereocenters. The molecule has 0 saturated carbocycles. The van der Waals surface area contributed by atoms with E-state index in [1.807, 2.05) is 13.8 Å². The molecule has 1 aliphatic heterocycles. The van der Waals surface area contributed by atoms with Gasteiger partial charge in [-0.25, -0.2) is 9.18 Å². The summed E-state index contributed by atoms with van der Waals surface area (Å²) in [5.41, 5.74) is 2.16. The average Bonchev–Trinajstić information content (AvgIpc) is 2.83. The lowest BCUT2D eigenvalue weighted by Gasteiger charge is -2.21. The van der Waals surface area contributed by atoms with Crippen molar-refractivity contribution in [3.63, 3.8) is 0 Å². The lowest BCUT2D eigenvalue weighted by molar-refractivity contribution is -0.118. The van der Waals surface area contributed by atoms with Gasteiger partial charge in [0.25, 0.3) is 0 Å². The number of carbonyl (C=O) groups excluding carboxylic acids is 1. The fourth-order valence-electron chi connectivity index (χ4n) is 3.41. The van der Waals surface area contributed by atoms with E-state index in [1.54, 1.807) is 29.2 Å². The molecule has 2 aromatic carbocycles. The van der Waals surface area contributed by atoms with Crippen LogP contribution in [0.3, 0.4) is 0 Å². The maximum Gasteiger partial charge on any atom is 0.335 e. The molecule has 0 bridgehead atoms. The summed E-state index contributed by atoms with van der Waals surface area (Å²) in [6.07, 6.45) is 0.513. The monoisotopic (exact) mass is 341 g/mol. The lowest BCUT2D eigenvalue weighted by Crippen LogP contribution is -2.34. The highest BCUT2D eigenvalue weighted by Gasteiger charge is 2.37. The highest BCUT2D eigenvalue weighted by Crippen LogP contribution is 2.41. The first kappa shape index (κ1) is 17.1. The molecule has 130 valence electrons. The molecule has 2 aromatic rings. The molecule has 0 atom stereocenters. The number of carboxylic acid groups (broad SMARTS) is 1. The summed E-state index contributed by atoms with van der Waals surface area (Å²) >= 11 is 0. The van der Waals surface area contributed by atoms with Gasteiger partial charge in [-0.1, -0.05) is 38.1 Å². The van der Waals surface area contributed by atoms with Gasteiger partial charge in [-0.05, 0) is 35.7 Å². The number of hydrogen-bond donors (Lipinski definition) is 1. The molecular formula is C20H20FNO3. The summed E-state index contributed by atoms with van der Waals surface area (Å²) in [5, 5.41) is 9.23. The van der Waals surface area contributed by atoms with Gasteiger partial charge in [0.15, 0.2) is 0 Å². The normalized spacial score (nSPS) is 15.1. The molecule has 0 spiro atoms. The number of anilines is 1. The van der Waals surface area contributed by atoms with E-state index < -0.39 is 5.97 Å². The van der Waals surface area contributed by atoms with Crippen LogP contribution in [-0.2, 0) is 16.6 Å². The van der Waals surface area contributed by atoms with Crippen LogP contribution in [0.1, 0.15) is 41.8 Å². The number of halogens is 1. The van der Waals surface area contributed by atoms with E-state index in [2.05, 4.69) is 0 Å². The Bertz CT molecular complexity index is 845. The number of carboxylic acids is 1. The van der Waals surface area contributed by atoms with Gasteiger partial charge >= 0.3 is 5.97 Å². The largest absolute Gasteiger partial charge is 0.478 e. The standard InChI is InChI=1S/C20H20FNO3/c1-20(2)12-22(17-11-14(21)8-9-16(17)20)18(23)10-7-13-5-3-4-6-15(13)19(24)25/h3-6,8-9,11H,7,10,12H2,1-2H3,(H,24,25). The van der Waals surface area contributed by atoms with E-state index in [9.17, 15) is 19.1 Å². The van der Waals surface area contributed by atoms with Gasteiger partial charge in [0.2, 0.25) is 5.91 Å². The van der Waals surface area contributed by atoms with E-state index in [4.69, 9.17) is 0 Å². The Hall–Kier alpha value is -2.69. The van der Waals surface area contributed by atoms with E-state index in [-0.39, 0.29) is 29.1 Å². The first-order chi connectivity index (χ1) is 11.8. The number of fused-ring (bicyclic) bond motifs is 1. The number of aromatic carboxylic acids is 1. The van der Waals surface area contributed by atoms with Gasteiger partial charge in [-0.15, -0.1) is 0 Å². The fraction of sp³-hybridized carbons (Fsp3) is 0.300. The summed E-state index contributed by atoms with van der Waals surface area (Å²) in [6, 6.07) is 11.2. The molecule has 5 heteroatoms. The second-order valence-corrected chi connectivity index (χ2v) is 6.99. The number of benzene rings is 2. The molecule has 1 heterocycles. The van der Waals surface area contributed by atoms with Crippen LogP contribution < -0.4 is 4.90 Å². The Morgan fingerprint density at radius 2 is 1.92 bits per heavy atom. The predicted octanol–water partition coefficient (Wildman–Crippen LogP) is 3.78. The SMILES string of the molecule is CC1(C)CN(C(=O)CCc2ccccc2C(=O)O)c2cc(F)ccc21. The summed E-state index contributed by atoms with van der Waals surface area (Å²) < 4.78 is 13.6. The number of amides is 1. The molecule has 0 aromatic heterocycles. The van der Waals surface area contributed by atoms with Crippen LogP contribution in [0.4, 0.5) is 10.1 Å². The second kappa shape index (κ2) is 6.31. The van der Waals surface area contributed by atoms with Crippen LogP contribution in [0, 0.1) is 5.82 Å². The van der Waals surface area contributed by atoms with Crippen LogP contribution in [0.2, 0.25) is 0 Å². The van der Waals surface area contributed by atoms with Crippen molar-refractivity contribution in [2.45, 2.75) is 32.1 Å². The third kappa shape index (κ3) is 3.27. The maximum absolute atomic E-state index is 13.6. The van der Waals surface area contributed by atoms with E-state index in [1.165, 1.54) is 18.2 Å². The van der Waals surface area contributed by atoms with Gasteiger partial charge in [0.05, 0.1) is 11.3 Å². The van der Waals surface area contributed by atoms with Crippen LogP contribution in [0.5, 0.6) is 0 Å². The number of nitrogens with zero attached hydrogens (tertiary/aromatic N) is 1. The van der Waals surface area contributed by atoms with Gasteiger partial charge in [0.1, 0.15) is 5.82 Å². The molecule has 1 amide bonds. The molecule has 0 radical (unpaired) electrons. The number of rotatable bonds is 4. The molecular weight excluding hydrogens is 321 g/mol. The summed E-state index contributed by atoms with van der Waals surface area (Å²) in [5.74, 6) is -1.50.